The van der Waals surface area contributed by atoms with Crippen molar-refractivity contribution in [2.45, 2.75) is 12.3 Å². The van der Waals surface area contributed by atoms with E-state index in [9.17, 15) is 4.79 Å². The lowest BCUT2D eigenvalue weighted by Gasteiger charge is -2.09. The van der Waals surface area contributed by atoms with E-state index in [0.717, 1.165) is 25.2 Å². The van der Waals surface area contributed by atoms with Crippen molar-refractivity contribution in [2.75, 3.05) is 20.2 Å². The summed E-state index contributed by atoms with van der Waals surface area (Å²) in [5.74, 6) is 1.01. The van der Waals surface area contributed by atoms with Gasteiger partial charge in [-0.3, -0.25) is 9.20 Å². The zero-order valence-corrected chi connectivity index (χ0v) is 10.2. The summed E-state index contributed by atoms with van der Waals surface area (Å²) in [6.45, 7) is 1.90. The van der Waals surface area contributed by atoms with Gasteiger partial charge >= 0.3 is 0 Å². The van der Waals surface area contributed by atoms with E-state index < -0.39 is 0 Å². The van der Waals surface area contributed by atoms with Crippen LogP contribution >= 0.6 is 0 Å². The van der Waals surface area contributed by atoms with Crippen LogP contribution in [0.2, 0.25) is 0 Å². The van der Waals surface area contributed by atoms with Gasteiger partial charge in [-0.05, 0) is 25.1 Å². The second-order valence-corrected chi connectivity index (χ2v) is 4.51. The van der Waals surface area contributed by atoms with Crippen LogP contribution in [0.15, 0.2) is 29.2 Å². The van der Waals surface area contributed by atoms with Crippen molar-refractivity contribution in [2.24, 2.45) is 0 Å². The SMILES string of the molecule is COc1ccc2nc(C3CCNC3)cc(=O)n2c1. The van der Waals surface area contributed by atoms with Crippen molar-refractivity contribution < 1.29 is 4.74 Å². The first kappa shape index (κ1) is 11.2. The molecule has 0 bridgehead atoms. The maximum atomic E-state index is 12.1. The van der Waals surface area contributed by atoms with Gasteiger partial charge in [0.05, 0.1) is 19.0 Å². The monoisotopic (exact) mass is 245 g/mol. The Balaban J connectivity index is 2.12. The molecule has 1 aliphatic rings. The Morgan fingerprint density at radius 1 is 1.50 bits per heavy atom. The summed E-state index contributed by atoms with van der Waals surface area (Å²) in [6.07, 6.45) is 2.71. The number of hydrogen-bond acceptors (Lipinski definition) is 4. The molecule has 1 unspecified atom stereocenters. The molecule has 3 rings (SSSR count). The smallest absolute Gasteiger partial charge is 0.258 e. The van der Waals surface area contributed by atoms with Gasteiger partial charge in [-0.2, -0.15) is 0 Å². The Labute approximate surface area is 104 Å². The largest absolute Gasteiger partial charge is 0.495 e. The van der Waals surface area contributed by atoms with Gasteiger partial charge < -0.3 is 10.1 Å². The highest BCUT2D eigenvalue weighted by atomic mass is 16.5. The number of pyridine rings is 1. The molecule has 2 aromatic heterocycles. The van der Waals surface area contributed by atoms with Gasteiger partial charge in [0.1, 0.15) is 11.4 Å². The molecule has 0 saturated carbocycles. The Hall–Kier alpha value is -1.88. The third-order valence-electron chi connectivity index (χ3n) is 3.37. The van der Waals surface area contributed by atoms with Crippen LogP contribution in [0.25, 0.3) is 5.65 Å². The normalized spacial score (nSPS) is 19.3. The van der Waals surface area contributed by atoms with Crippen LogP contribution < -0.4 is 15.6 Å². The van der Waals surface area contributed by atoms with Crippen molar-refractivity contribution in [1.82, 2.24) is 14.7 Å². The second kappa shape index (κ2) is 4.42. The molecular weight excluding hydrogens is 230 g/mol. The number of methoxy groups -OCH3 is 1. The number of nitrogens with zero attached hydrogens (tertiary/aromatic N) is 2. The molecule has 5 heteroatoms. The predicted octanol–water partition coefficient (Wildman–Crippen LogP) is 0.780. The average Bonchev–Trinajstić information content (AvgIpc) is 2.92. The van der Waals surface area contributed by atoms with Crippen molar-refractivity contribution in [3.63, 3.8) is 0 Å². The molecule has 0 aliphatic carbocycles. The number of fused-ring (bicyclic) bond motifs is 1. The summed E-state index contributed by atoms with van der Waals surface area (Å²) in [6, 6.07) is 5.26. The van der Waals surface area contributed by atoms with Gasteiger partial charge in [0.2, 0.25) is 0 Å². The van der Waals surface area contributed by atoms with Crippen LogP contribution in [0.4, 0.5) is 0 Å². The molecule has 1 N–H and O–H groups in total. The minimum atomic E-state index is -0.0548. The first-order valence-corrected chi connectivity index (χ1v) is 6.06. The van der Waals surface area contributed by atoms with Gasteiger partial charge in [0.15, 0.2) is 0 Å². The number of hydrogen-bond donors (Lipinski definition) is 1. The number of rotatable bonds is 2. The van der Waals surface area contributed by atoms with Crippen LogP contribution in [0.3, 0.4) is 0 Å². The Morgan fingerprint density at radius 2 is 2.39 bits per heavy atom. The molecule has 94 valence electrons. The lowest BCUT2D eigenvalue weighted by atomic mass is 10.0. The molecule has 0 amide bonds. The van der Waals surface area contributed by atoms with E-state index in [0.29, 0.717) is 17.3 Å². The summed E-state index contributed by atoms with van der Waals surface area (Å²) in [5.41, 5.74) is 1.50. The summed E-state index contributed by atoms with van der Waals surface area (Å²) in [7, 11) is 1.58. The van der Waals surface area contributed by atoms with E-state index in [1.54, 1.807) is 19.4 Å². The summed E-state index contributed by atoms with van der Waals surface area (Å²) in [4.78, 5) is 16.6. The highest BCUT2D eigenvalue weighted by Crippen LogP contribution is 2.20. The molecule has 1 aliphatic heterocycles. The van der Waals surface area contributed by atoms with Crippen molar-refractivity contribution in [1.29, 1.82) is 0 Å². The molecule has 0 radical (unpaired) electrons. The second-order valence-electron chi connectivity index (χ2n) is 4.51. The van der Waals surface area contributed by atoms with Gasteiger partial charge in [-0.25, -0.2) is 4.98 Å². The summed E-state index contributed by atoms with van der Waals surface area (Å²) in [5, 5.41) is 3.29. The van der Waals surface area contributed by atoms with E-state index in [1.165, 1.54) is 4.40 Å². The first-order chi connectivity index (χ1) is 8.78. The van der Waals surface area contributed by atoms with Crippen molar-refractivity contribution >= 4 is 5.65 Å². The van der Waals surface area contributed by atoms with Gasteiger partial charge in [0.25, 0.3) is 5.56 Å². The van der Waals surface area contributed by atoms with Gasteiger partial charge in [0, 0.05) is 18.5 Å². The van der Waals surface area contributed by atoms with Gasteiger partial charge in [-0.15, -0.1) is 0 Å². The van der Waals surface area contributed by atoms with E-state index in [1.807, 2.05) is 12.1 Å². The van der Waals surface area contributed by atoms with Crippen LogP contribution in [-0.4, -0.2) is 29.6 Å². The Bertz CT molecular complexity index is 630. The Kier molecular flexibility index (Phi) is 2.76. The lowest BCUT2D eigenvalue weighted by Crippen LogP contribution is -2.18. The third-order valence-corrected chi connectivity index (χ3v) is 3.37. The maximum Gasteiger partial charge on any atom is 0.258 e. The third kappa shape index (κ3) is 1.86. The predicted molar refractivity (Wildman–Crippen MR) is 68.2 cm³/mol. The van der Waals surface area contributed by atoms with E-state index >= 15 is 0 Å². The highest BCUT2D eigenvalue weighted by molar-refractivity contribution is 5.42. The fraction of sp³-hybridized carbons (Fsp3) is 0.385. The fourth-order valence-electron chi connectivity index (χ4n) is 2.34. The number of ether oxygens (including phenoxy) is 1. The molecule has 1 atom stereocenters. The molecule has 2 aromatic rings. The number of nitrogens with one attached hydrogen (secondary N) is 1. The van der Waals surface area contributed by atoms with E-state index in [-0.39, 0.29) is 5.56 Å². The molecule has 18 heavy (non-hydrogen) atoms. The van der Waals surface area contributed by atoms with Gasteiger partial charge in [-0.1, -0.05) is 0 Å². The van der Waals surface area contributed by atoms with Crippen LogP contribution in [0.5, 0.6) is 5.75 Å². The van der Waals surface area contributed by atoms with Crippen LogP contribution in [0, 0.1) is 0 Å². The topological polar surface area (TPSA) is 55.6 Å². The molecular formula is C13H15N3O2. The molecule has 3 heterocycles. The van der Waals surface area contributed by atoms with Crippen LogP contribution in [0.1, 0.15) is 18.0 Å². The fourth-order valence-corrected chi connectivity index (χ4v) is 2.34. The van der Waals surface area contributed by atoms with E-state index in [2.05, 4.69) is 10.3 Å². The standard InChI is InChI=1S/C13H15N3O2/c1-18-10-2-3-12-15-11(9-4-5-14-7-9)6-13(17)16(12)8-10/h2-3,6,8-9,14H,4-5,7H2,1H3. The zero-order chi connectivity index (χ0) is 12.5. The van der Waals surface area contributed by atoms with Crippen LogP contribution in [-0.2, 0) is 0 Å². The Morgan fingerprint density at radius 3 is 3.11 bits per heavy atom. The molecule has 0 aromatic carbocycles. The highest BCUT2D eigenvalue weighted by Gasteiger charge is 2.19. The molecule has 5 nitrogen and oxygen atoms in total. The van der Waals surface area contributed by atoms with Crippen molar-refractivity contribution in [3.05, 3.63) is 40.4 Å². The first-order valence-electron chi connectivity index (χ1n) is 6.06. The molecule has 0 spiro atoms. The maximum absolute atomic E-state index is 12.1. The zero-order valence-electron chi connectivity index (χ0n) is 10.2. The van der Waals surface area contributed by atoms with E-state index in [4.69, 9.17) is 4.74 Å². The molecule has 1 fully saturated rings. The summed E-state index contributed by atoms with van der Waals surface area (Å²) < 4.78 is 6.63. The quantitative estimate of drug-likeness (QED) is 0.849. The van der Waals surface area contributed by atoms with Crippen molar-refractivity contribution in [3.8, 4) is 5.75 Å². The molecule has 1 saturated heterocycles. The minimum absolute atomic E-state index is 0.0548. The minimum Gasteiger partial charge on any atom is -0.495 e. The average molecular weight is 245 g/mol. The summed E-state index contributed by atoms with van der Waals surface area (Å²) >= 11 is 0. The number of aromatic nitrogens is 2. The lowest BCUT2D eigenvalue weighted by molar-refractivity contribution is 0.412.